The zero-order valence-electron chi connectivity index (χ0n) is 11.7. The molecule has 1 aromatic heterocycles. The molecule has 3 rings (SSSR count). The molecule has 1 saturated heterocycles. The Morgan fingerprint density at radius 1 is 1.40 bits per heavy atom. The van der Waals surface area contributed by atoms with Crippen molar-refractivity contribution in [2.24, 2.45) is 0 Å². The van der Waals surface area contributed by atoms with Crippen LogP contribution in [-0.2, 0) is 4.74 Å². The van der Waals surface area contributed by atoms with Gasteiger partial charge in [0.15, 0.2) is 0 Å². The van der Waals surface area contributed by atoms with Gasteiger partial charge in [0.1, 0.15) is 0 Å². The summed E-state index contributed by atoms with van der Waals surface area (Å²) in [7, 11) is 0. The van der Waals surface area contributed by atoms with Crippen LogP contribution in [0.3, 0.4) is 0 Å². The fourth-order valence-electron chi connectivity index (χ4n) is 3.24. The van der Waals surface area contributed by atoms with Crippen molar-refractivity contribution in [1.29, 1.82) is 0 Å². The van der Waals surface area contributed by atoms with Crippen LogP contribution in [-0.4, -0.2) is 39.7 Å². The van der Waals surface area contributed by atoms with Crippen LogP contribution in [0.15, 0.2) is 24.7 Å². The first-order chi connectivity index (χ1) is 9.81. The van der Waals surface area contributed by atoms with E-state index in [9.17, 15) is 4.79 Å². The van der Waals surface area contributed by atoms with Gasteiger partial charge in [-0.15, -0.1) is 0 Å². The second-order valence-electron chi connectivity index (χ2n) is 5.18. The largest absolute Gasteiger partial charge is 0.450 e. The van der Waals surface area contributed by atoms with E-state index in [1.807, 2.05) is 11.8 Å². The van der Waals surface area contributed by atoms with E-state index in [4.69, 9.17) is 4.74 Å². The zero-order chi connectivity index (χ0) is 13.9. The van der Waals surface area contributed by atoms with Gasteiger partial charge in [0, 0.05) is 18.4 Å². The van der Waals surface area contributed by atoms with Gasteiger partial charge in [-0.1, -0.05) is 6.08 Å². The summed E-state index contributed by atoms with van der Waals surface area (Å²) in [4.78, 5) is 22.7. The Bertz CT molecular complexity index is 515. The third kappa shape index (κ3) is 2.28. The molecule has 2 atom stereocenters. The average Bonchev–Trinajstić information content (AvgIpc) is 2.77. The van der Waals surface area contributed by atoms with E-state index >= 15 is 0 Å². The maximum absolute atomic E-state index is 12.2. The Kier molecular flexibility index (Phi) is 3.67. The quantitative estimate of drug-likeness (QED) is 0.831. The lowest BCUT2D eigenvalue weighted by molar-refractivity contribution is 0.0951. The normalized spacial score (nSPS) is 25.1. The molecule has 0 saturated carbocycles. The fraction of sp³-hybridized carbons (Fsp3) is 0.533. The van der Waals surface area contributed by atoms with Crippen LogP contribution in [0.25, 0.3) is 5.57 Å². The molecule has 2 bridgehead atoms. The Morgan fingerprint density at radius 2 is 2.30 bits per heavy atom. The third-order valence-electron chi connectivity index (χ3n) is 4.06. The molecule has 0 aromatic carbocycles. The molecule has 0 N–H and O–H groups in total. The van der Waals surface area contributed by atoms with E-state index in [-0.39, 0.29) is 12.1 Å². The van der Waals surface area contributed by atoms with Gasteiger partial charge in [0.25, 0.3) is 0 Å². The summed E-state index contributed by atoms with van der Waals surface area (Å²) in [6.45, 7) is 2.26. The fourth-order valence-corrected chi connectivity index (χ4v) is 3.24. The number of hydrogen-bond acceptors (Lipinski definition) is 4. The number of aromatic nitrogens is 2. The predicted molar refractivity (Wildman–Crippen MR) is 74.9 cm³/mol. The van der Waals surface area contributed by atoms with E-state index in [0.717, 1.165) is 37.0 Å². The topological polar surface area (TPSA) is 55.3 Å². The van der Waals surface area contributed by atoms with Crippen LogP contribution in [0.1, 0.15) is 38.3 Å². The number of fused-ring (bicyclic) bond motifs is 2. The predicted octanol–water partition coefficient (Wildman–Crippen LogP) is 2.64. The number of rotatable bonds is 2. The summed E-state index contributed by atoms with van der Waals surface area (Å²) in [5.74, 6) is 0. The van der Waals surface area contributed by atoms with E-state index in [1.165, 1.54) is 0 Å². The zero-order valence-corrected chi connectivity index (χ0v) is 11.7. The molecule has 1 aromatic rings. The molecule has 20 heavy (non-hydrogen) atoms. The molecule has 2 aliphatic rings. The third-order valence-corrected chi connectivity index (χ3v) is 4.06. The molecule has 0 spiro atoms. The first kappa shape index (κ1) is 13.1. The number of hydrogen-bond donors (Lipinski definition) is 0. The Labute approximate surface area is 118 Å². The number of carbonyl (C=O) groups is 1. The SMILES string of the molecule is CCOC(=O)N1[C@@H]2CCC=C(c3cnccn3)[C@H]1CC2. The Morgan fingerprint density at radius 3 is 3.05 bits per heavy atom. The lowest BCUT2D eigenvalue weighted by Crippen LogP contribution is -2.41. The van der Waals surface area contributed by atoms with Crippen molar-refractivity contribution in [1.82, 2.24) is 14.9 Å². The highest BCUT2D eigenvalue weighted by atomic mass is 16.6. The van der Waals surface area contributed by atoms with Crippen molar-refractivity contribution in [2.45, 2.75) is 44.7 Å². The van der Waals surface area contributed by atoms with Crippen molar-refractivity contribution < 1.29 is 9.53 Å². The molecule has 0 unspecified atom stereocenters. The van der Waals surface area contributed by atoms with E-state index in [2.05, 4.69) is 16.0 Å². The molecule has 2 aliphatic heterocycles. The van der Waals surface area contributed by atoms with Crippen LogP contribution < -0.4 is 0 Å². The summed E-state index contributed by atoms with van der Waals surface area (Å²) in [5.41, 5.74) is 1.99. The minimum atomic E-state index is -0.198. The van der Waals surface area contributed by atoms with Crippen LogP contribution >= 0.6 is 0 Å². The van der Waals surface area contributed by atoms with Crippen molar-refractivity contribution in [2.75, 3.05) is 6.61 Å². The molecular formula is C15H19N3O2. The van der Waals surface area contributed by atoms with Crippen molar-refractivity contribution in [3.63, 3.8) is 0 Å². The van der Waals surface area contributed by atoms with Gasteiger partial charge >= 0.3 is 6.09 Å². The van der Waals surface area contributed by atoms with Crippen LogP contribution in [0.5, 0.6) is 0 Å². The lowest BCUT2D eigenvalue weighted by Gasteiger charge is -2.28. The maximum atomic E-state index is 12.2. The highest BCUT2D eigenvalue weighted by Crippen LogP contribution is 2.38. The number of amides is 1. The van der Waals surface area contributed by atoms with Gasteiger partial charge in [-0.3, -0.25) is 14.9 Å². The van der Waals surface area contributed by atoms with Gasteiger partial charge in [0.2, 0.25) is 0 Å². The summed E-state index contributed by atoms with van der Waals surface area (Å²) in [6.07, 6.45) is 11.1. The smallest absolute Gasteiger partial charge is 0.410 e. The second-order valence-corrected chi connectivity index (χ2v) is 5.18. The summed E-state index contributed by atoms with van der Waals surface area (Å²) in [5, 5.41) is 0. The van der Waals surface area contributed by atoms with Crippen molar-refractivity contribution in [3.05, 3.63) is 30.4 Å². The van der Waals surface area contributed by atoms with Crippen molar-refractivity contribution in [3.8, 4) is 0 Å². The van der Waals surface area contributed by atoms with Crippen LogP contribution in [0.2, 0.25) is 0 Å². The van der Waals surface area contributed by atoms with E-state index in [0.29, 0.717) is 12.6 Å². The monoisotopic (exact) mass is 273 g/mol. The molecule has 1 amide bonds. The number of carbonyl (C=O) groups excluding carboxylic acids is 1. The second kappa shape index (κ2) is 5.61. The average molecular weight is 273 g/mol. The number of nitrogens with zero attached hydrogens (tertiary/aromatic N) is 3. The van der Waals surface area contributed by atoms with Crippen LogP contribution in [0, 0.1) is 0 Å². The minimum Gasteiger partial charge on any atom is -0.450 e. The molecule has 0 radical (unpaired) electrons. The molecule has 0 aliphatic carbocycles. The highest BCUT2D eigenvalue weighted by molar-refractivity contribution is 5.76. The standard InChI is InChI=1S/C15H19N3O2/c1-2-20-15(19)18-11-4-3-5-12(14(18)7-6-11)13-10-16-8-9-17-13/h5,8-11,14H,2-4,6-7H2,1H3/t11-,14-/m1/s1. The Balaban J connectivity index is 1.92. The van der Waals surface area contributed by atoms with Gasteiger partial charge in [-0.25, -0.2) is 4.79 Å². The van der Waals surface area contributed by atoms with E-state index in [1.54, 1.807) is 18.6 Å². The first-order valence-electron chi connectivity index (χ1n) is 7.22. The molecule has 5 heteroatoms. The van der Waals surface area contributed by atoms with Gasteiger partial charge in [-0.2, -0.15) is 0 Å². The summed E-state index contributed by atoms with van der Waals surface area (Å²) in [6, 6.07) is 0.378. The number of allylic oxidation sites excluding steroid dienone is 1. The number of ether oxygens (including phenoxy) is 1. The molecule has 106 valence electrons. The van der Waals surface area contributed by atoms with Gasteiger partial charge in [-0.05, 0) is 38.2 Å². The molecule has 5 nitrogen and oxygen atoms in total. The Hall–Kier alpha value is -1.91. The summed E-state index contributed by atoms with van der Waals surface area (Å²) < 4.78 is 5.23. The molecule has 3 heterocycles. The van der Waals surface area contributed by atoms with Gasteiger partial charge < -0.3 is 4.74 Å². The molecular weight excluding hydrogens is 254 g/mol. The van der Waals surface area contributed by atoms with Crippen molar-refractivity contribution >= 4 is 11.7 Å². The first-order valence-corrected chi connectivity index (χ1v) is 7.22. The van der Waals surface area contributed by atoms with Crippen LogP contribution in [0.4, 0.5) is 4.79 Å². The highest BCUT2D eigenvalue weighted by Gasteiger charge is 2.41. The minimum absolute atomic E-state index is 0.0817. The van der Waals surface area contributed by atoms with Gasteiger partial charge in [0.05, 0.1) is 24.5 Å². The maximum Gasteiger partial charge on any atom is 0.410 e. The molecule has 1 fully saturated rings. The lowest BCUT2D eigenvalue weighted by atomic mass is 9.98. The van der Waals surface area contributed by atoms with E-state index < -0.39 is 0 Å². The summed E-state index contributed by atoms with van der Waals surface area (Å²) >= 11 is 0.